The molecule has 5 nitrogen and oxygen atoms in total. The molecule has 0 aliphatic carbocycles. The van der Waals surface area contributed by atoms with Gasteiger partial charge < -0.3 is 5.32 Å². The van der Waals surface area contributed by atoms with E-state index in [-0.39, 0.29) is 10.8 Å². The van der Waals surface area contributed by atoms with E-state index in [0.29, 0.717) is 17.8 Å². The molecule has 0 bridgehead atoms. The van der Waals surface area contributed by atoms with E-state index < -0.39 is 10.0 Å². The second-order valence-corrected chi connectivity index (χ2v) is 7.81. The van der Waals surface area contributed by atoms with Crippen molar-refractivity contribution in [3.05, 3.63) is 54.6 Å². The summed E-state index contributed by atoms with van der Waals surface area (Å²) in [5, 5.41) is 2.77. The van der Waals surface area contributed by atoms with Gasteiger partial charge in [-0.25, -0.2) is 8.42 Å². The summed E-state index contributed by atoms with van der Waals surface area (Å²) in [6.45, 7) is 2.08. The fourth-order valence-corrected chi connectivity index (χ4v) is 3.67. The van der Waals surface area contributed by atoms with E-state index >= 15 is 0 Å². The number of hydrogen-bond donors (Lipinski definition) is 1. The van der Waals surface area contributed by atoms with Crippen LogP contribution in [-0.4, -0.2) is 21.4 Å². The van der Waals surface area contributed by atoms with Gasteiger partial charge in [-0.15, -0.1) is 0 Å². The van der Waals surface area contributed by atoms with Gasteiger partial charge in [0.15, 0.2) is 0 Å². The van der Waals surface area contributed by atoms with Crippen molar-refractivity contribution >= 4 is 27.3 Å². The molecule has 0 saturated heterocycles. The molecule has 134 valence electrons. The smallest absolute Gasteiger partial charge is 0.264 e. The molecular weight excluding hydrogens is 336 g/mol. The molecule has 0 radical (unpaired) electrons. The molecule has 0 unspecified atom stereocenters. The first-order valence-corrected chi connectivity index (χ1v) is 9.83. The maximum absolute atomic E-state index is 12.8. The summed E-state index contributed by atoms with van der Waals surface area (Å²) >= 11 is 0. The van der Waals surface area contributed by atoms with E-state index in [0.717, 1.165) is 19.3 Å². The van der Waals surface area contributed by atoms with Crippen molar-refractivity contribution < 1.29 is 13.2 Å². The molecule has 0 aliphatic rings. The molecule has 0 aromatic heterocycles. The zero-order valence-corrected chi connectivity index (χ0v) is 15.4. The molecule has 25 heavy (non-hydrogen) atoms. The summed E-state index contributed by atoms with van der Waals surface area (Å²) < 4.78 is 26.8. The first-order chi connectivity index (χ1) is 11.9. The number of nitrogens with one attached hydrogen (secondary N) is 1. The minimum absolute atomic E-state index is 0.0978. The highest BCUT2D eigenvalue weighted by Crippen LogP contribution is 2.23. The van der Waals surface area contributed by atoms with Crippen molar-refractivity contribution in [2.75, 3.05) is 16.7 Å². The van der Waals surface area contributed by atoms with E-state index in [4.69, 9.17) is 0 Å². The number of amides is 1. The van der Waals surface area contributed by atoms with Crippen LogP contribution in [0.5, 0.6) is 0 Å². The highest BCUT2D eigenvalue weighted by Gasteiger charge is 2.21. The minimum atomic E-state index is -3.69. The van der Waals surface area contributed by atoms with Crippen LogP contribution in [0.1, 0.15) is 32.6 Å². The van der Waals surface area contributed by atoms with Gasteiger partial charge in [-0.2, -0.15) is 0 Å². The maximum atomic E-state index is 12.8. The van der Waals surface area contributed by atoms with Gasteiger partial charge in [-0.1, -0.05) is 44.0 Å². The molecule has 2 aromatic rings. The molecule has 0 spiro atoms. The molecular formula is C19H24N2O3S. The fraction of sp³-hybridized carbons (Fsp3) is 0.316. The second kappa shape index (κ2) is 8.67. The first kappa shape index (κ1) is 19.0. The Morgan fingerprint density at radius 2 is 1.76 bits per heavy atom. The zero-order valence-electron chi connectivity index (χ0n) is 14.6. The molecule has 6 heteroatoms. The first-order valence-electron chi connectivity index (χ1n) is 8.39. The Labute approximate surface area is 149 Å². The molecule has 2 aromatic carbocycles. The van der Waals surface area contributed by atoms with Gasteiger partial charge in [0.05, 0.1) is 10.6 Å². The van der Waals surface area contributed by atoms with Crippen molar-refractivity contribution in [1.29, 1.82) is 0 Å². The largest absolute Gasteiger partial charge is 0.326 e. The Kier molecular flexibility index (Phi) is 6.58. The van der Waals surface area contributed by atoms with Gasteiger partial charge in [-0.05, 0) is 36.8 Å². The van der Waals surface area contributed by atoms with Crippen LogP contribution < -0.4 is 9.62 Å². The van der Waals surface area contributed by atoms with Crippen molar-refractivity contribution in [3.63, 3.8) is 0 Å². The fourth-order valence-electron chi connectivity index (χ4n) is 2.43. The van der Waals surface area contributed by atoms with Crippen LogP contribution in [0.25, 0.3) is 0 Å². The molecule has 0 aliphatic heterocycles. The Balaban J connectivity index is 2.15. The predicted octanol–water partition coefficient (Wildman–Crippen LogP) is 4.03. The third-order valence-corrected chi connectivity index (χ3v) is 5.68. The number of hydrogen-bond acceptors (Lipinski definition) is 3. The third-order valence-electron chi connectivity index (χ3n) is 3.90. The summed E-state index contributed by atoms with van der Waals surface area (Å²) in [6.07, 6.45) is 3.32. The van der Waals surface area contributed by atoms with Gasteiger partial charge in [0.1, 0.15) is 0 Å². The molecule has 1 amide bonds. The number of carbonyl (C=O) groups is 1. The Hall–Kier alpha value is -2.34. The van der Waals surface area contributed by atoms with Crippen LogP contribution in [0.3, 0.4) is 0 Å². The summed E-state index contributed by atoms with van der Waals surface area (Å²) in [5.41, 5.74) is 1.07. The van der Waals surface area contributed by atoms with Crippen molar-refractivity contribution in [1.82, 2.24) is 0 Å². The average Bonchev–Trinajstić information content (AvgIpc) is 2.62. The Morgan fingerprint density at radius 1 is 1.04 bits per heavy atom. The SMILES string of the molecule is CCCCCC(=O)Nc1cccc(S(=O)(=O)N(C)c2ccccc2)c1. The summed E-state index contributed by atoms with van der Waals surface area (Å²) in [5.74, 6) is -0.0978. The van der Waals surface area contributed by atoms with Crippen LogP contribution >= 0.6 is 0 Å². The highest BCUT2D eigenvalue weighted by atomic mass is 32.2. The van der Waals surface area contributed by atoms with Crippen LogP contribution in [-0.2, 0) is 14.8 Å². The zero-order chi connectivity index (χ0) is 18.3. The van der Waals surface area contributed by atoms with E-state index in [1.54, 1.807) is 36.4 Å². The van der Waals surface area contributed by atoms with Gasteiger partial charge in [0.2, 0.25) is 5.91 Å². The van der Waals surface area contributed by atoms with Crippen molar-refractivity contribution in [2.24, 2.45) is 0 Å². The lowest BCUT2D eigenvalue weighted by atomic mass is 10.2. The quantitative estimate of drug-likeness (QED) is 0.723. The standard InChI is InChI=1S/C19H24N2O3S/c1-3-4-6-14-19(22)20-16-10-9-13-18(15-16)25(23,24)21(2)17-11-7-5-8-12-17/h5,7-13,15H,3-4,6,14H2,1-2H3,(H,20,22). The number of rotatable bonds is 8. The van der Waals surface area contributed by atoms with Crippen molar-refractivity contribution in [2.45, 2.75) is 37.5 Å². The lowest BCUT2D eigenvalue weighted by Gasteiger charge is -2.19. The van der Waals surface area contributed by atoms with Crippen molar-refractivity contribution in [3.8, 4) is 0 Å². The number of sulfonamides is 1. The van der Waals surface area contributed by atoms with E-state index in [1.165, 1.54) is 23.5 Å². The van der Waals surface area contributed by atoms with Gasteiger partial charge in [0.25, 0.3) is 10.0 Å². The number of unbranched alkanes of at least 4 members (excludes halogenated alkanes) is 2. The number of carbonyl (C=O) groups excluding carboxylic acids is 1. The Bertz CT molecular complexity index is 804. The van der Waals surface area contributed by atoms with Crippen LogP contribution in [0.2, 0.25) is 0 Å². The summed E-state index contributed by atoms with van der Waals surface area (Å²) in [6, 6.07) is 15.2. The average molecular weight is 360 g/mol. The summed E-state index contributed by atoms with van der Waals surface area (Å²) in [7, 11) is -2.17. The van der Waals surface area contributed by atoms with Gasteiger partial charge in [0, 0.05) is 19.2 Å². The normalized spacial score (nSPS) is 11.1. The molecule has 0 fully saturated rings. The highest BCUT2D eigenvalue weighted by molar-refractivity contribution is 7.92. The molecule has 0 atom stereocenters. The lowest BCUT2D eigenvalue weighted by molar-refractivity contribution is -0.116. The monoisotopic (exact) mass is 360 g/mol. The van der Waals surface area contributed by atoms with Gasteiger partial charge >= 0.3 is 0 Å². The summed E-state index contributed by atoms with van der Waals surface area (Å²) in [4.78, 5) is 12.1. The van der Waals surface area contributed by atoms with Gasteiger partial charge in [-0.3, -0.25) is 9.10 Å². The van der Waals surface area contributed by atoms with Crippen LogP contribution in [0.15, 0.2) is 59.5 Å². The maximum Gasteiger partial charge on any atom is 0.264 e. The van der Waals surface area contributed by atoms with Crippen LogP contribution in [0, 0.1) is 0 Å². The predicted molar refractivity (Wildman–Crippen MR) is 101 cm³/mol. The lowest BCUT2D eigenvalue weighted by Crippen LogP contribution is -2.26. The van der Waals surface area contributed by atoms with E-state index in [2.05, 4.69) is 12.2 Å². The van der Waals surface area contributed by atoms with Crippen LogP contribution in [0.4, 0.5) is 11.4 Å². The molecule has 1 N–H and O–H groups in total. The molecule has 2 rings (SSSR count). The van der Waals surface area contributed by atoms with E-state index in [9.17, 15) is 13.2 Å². The number of anilines is 2. The molecule has 0 saturated carbocycles. The number of benzene rings is 2. The van der Waals surface area contributed by atoms with E-state index in [1.807, 2.05) is 6.07 Å². The minimum Gasteiger partial charge on any atom is -0.326 e. The Morgan fingerprint density at radius 3 is 2.44 bits per heavy atom. The second-order valence-electron chi connectivity index (χ2n) is 5.84. The number of para-hydroxylation sites is 1. The number of nitrogens with zero attached hydrogens (tertiary/aromatic N) is 1. The molecule has 0 heterocycles. The third kappa shape index (κ3) is 5.06. The topological polar surface area (TPSA) is 66.5 Å².